The monoisotopic (exact) mass is 570 g/mol. The molecule has 0 aromatic carbocycles. The van der Waals surface area contributed by atoms with Crippen LogP contribution in [0.15, 0.2) is 0 Å². The second-order valence-electron chi connectivity index (χ2n) is 11.5. The number of aliphatic hydroxyl groups excluding tert-OH is 1. The maximum atomic E-state index is 13.7. The van der Waals surface area contributed by atoms with Crippen LogP contribution in [0.1, 0.15) is 39.5 Å². The van der Waals surface area contributed by atoms with Crippen LogP contribution < -0.4 is 0 Å². The zero-order chi connectivity index (χ0) is 28.7. The van der Waals surface area contributed by atoms with Crippen molar-refractivity contribution >= 4 is 23.9 Å². The fourth-order valence-electron chi connectivity index (χ4n) is 8.79. The molecule has 14 heteroatoms. The maximum Gasteiger partial charge on any atom is 0.343 e. The number of hydrogen-bond donors (Lipinski definition) is 3. The molecule has 4 aliphatic heterocycles. The van der Waals surface area contributed by atoms with Crippen molar-refractivity contribution in [3.63, 3.8) is 0 Å². The number of unbranched alkanes of at least 4 members (excludes halogenated alkanes) is 1. The zero-order valence-electron chi connectivity index (χ0n) is 22.2. The Morgan fingerprint density at radius 3 is 2.50 bits per heavy atom. The molecule has 14 nitrogen and oxygen atoms in total. The minimum Gasteiger partial charge on any atom is -0.480 e. The standard InChI is InChI=1S/C26H34O14/c1-3-4-5-13-10-14-24-16(29)17-25(33,12(2)19(30)38-17)26(24,21(32)37-14)40-22-23(13,24)18(20(31)39-22)36-9-8-34-6-7-35-11-15(27)28/h12-14,16-18,22,29,33H,3-11H2,1-2H3,(H,27,28)/t12?,13-,14?,16-,17?,18-,22-,23?,24?,25+,26-/m1/s1. The van der Waals surface area contributed by atoms with Crippen molar-refractivity contribution in [2.45, 2.75) is 81.4 Å². The van der Waals surface area contributed by atoms with Crippen LogP contribution in [0.3, 0.4) is 0 Å². The van der Waals surface area contributed by atoms with Crippen molar-refractivity contribution in [3.05, 3.63) is 0 Å². The zero-order valence-corrected chi connectivity index (χ0v) is 22.2. The third-order valence-corrected chi connectivity index (χ3v) is 10.1. The van der Waals surface area contributed by atoms with Gasteiger partial charge in [-0.05, 0) is 25.7 Å². The van der Waals surface area contributed by atoms with Crippen LogP contribution in [0.4, 0.5) is 0 Å². The molecule has 0 radical (unpaired) electrons. The van der Waals surface area contributed by atoms with Crippen molar-refractivity contribution in [1.82, 2.24) is 0 Å². The van der Waals surface area contributed by atoms with Gasteiger partial charge in [-0.1, -0.05) is 19.8 Å². The highest BCUT2D eigenvalue weighted by Gasteiger charge is 3.03. The van der Waals surface area contributed by atoms with Crippen molar-refractivity contribution in [3.8, 4) is 0 Å². The normalized spacial score (nSPS) is 47.5. The molecular formula is C26H34O14. The molecule has 40 heavy (non-hydrogen) atoms. The Morgan fingerprint density at radius 1 is 1.05 bits per heavy atom. The molecule has 222 valence electrons. The average molecular weight is 571 g/mol. The van der Waals surface area contributed by atoms with Gasteiger partial charge in [0.15, 0.2) is 17.8 Å². The summed E-state index contributed by atoms with van der Waals surface area (Å²) in [5.74, 6) is -5.12. The fourth-order valence-corrected chi connectivity index (χ4v) is 8.79. The Hall–Kier alpha value is -2.36. The van der Waals surface area contributed by atoms with E-state index < -0.39 is 89.1 Å². The van der Waals surface area contributed by atoms with E-state index in [4.69, 9.17) is 38.3 Å². The van der Waals surface area contributed by atoms with Gasteiger partial charge in [-0.3, -0.25) is 4.79 Å². The largest absolute Gasteiger partial charge is 0.480 e. The van der Waals surface area contributed by atoms with Gasteiger partial charge in [-0.25, -0.2) is 14.4 Å². The number of aliphatic hydroxyl groups is 2. The summed E-state index contributed by atoms with van der Waals surface area (Å²) in [5, 5.41) is 32.8. The quantitative estimate of drug-likeness (QED) is 0.146. The Kier molecular flexibility index (Phi) is 6.48. The summed E-state index contributed by atoms with van der Waals surface area (Å²) in [6.07, 6.45) is -4.19. The van der Waals surface area contributed by atoms with Crippen LogP contribution in [-0.4, -0.2) is 114 Å². The van der Waals surface area contributed by atoms with Crippen LogP contribution in [-0.2, 0) is 52.3 Å². The Bertz CT molecular complexity index is 1110. The molecule has 3 N–H and O–H groups in total. The Morgan fingerprint density at radius 2 is 1.77 bits per heavy atom. The van der Waals surface area contributed by atoms with Gasteiger partial charge in [0.1, 0.15) is 18.8 Å². The molecule has 11 atom stereocenters. The van der Waals surface area contributed by atoms with E-state index in [2.05, 4.69) is 0 Å². The van der Waals surface area contributed by atoms with Gasteiger partial charge >= 0.3 is 23.9 Å². The number of ether oxygens (including phenoxy) is 7. The SMILES string of the molecule is CCCC[C@@H]1CC2OC(=O)[C@@]34O[C@H]5OC(=O)[C@@H](OCCOCCOCC(=O)O)C15C23[C@H](O)C1OC(=O)C(C)[C@]14O. The first-order valence-electron chi connectivity index (χ1n) is 13.8. The third-order valence-electron chi connectivity index (χ3n) is 10.1. The summed E-state index contributed by atoms with van der Waals surface area (Å²) in [6.45, 7) is 3.07. The van der Waals surface area contributed by atoms with Gasteiger partial charge in [-0.2, -0.15) is 0 Å². The van der Waals surface area contributed by atoms with Crippen LogP contribution in [0.25, 0.3) is 0 Å². The van der Waals surface area contributed by atoms with E-state index in [1.165, 1.54) is 6.92 Å². The third kappa shape index (κ3) is 2.94. The van der Waals surface area contributed by atoms with E-state index in [1.807, 2.05) is 6.92 Å². The molecule has 6 fully saturated rings. The molecule has 2 spiro atoms. The van der Waals surface area contributed by atoms with Crippen molar-refractivity contribution in [2.75, 3.05) is 33.0 Å². The van der Waals surface area contributed by atoms with Crippen LogP contribution in [0.5, 0.6) is 0 Å². The molecule has 0 bridgehead atoms. The fraction of sp³-hybridized carbons (Fsp3) is 0.846. The van der Waals surface area contributed by atoms with E-state index in [-0.39, 0.29) is 38.8 Å². The molecule has 6 aliphatic rings. The second-order valence-corrected chi connectivity index (χ2v) is 11.5. The Balaban J connectivity index is 1.35. The first-order valence-corrected chi connectivity index (χ1v) is 13.8. The summed E-state index contributed by atoms with van der Waals surface area (Å²) in [6, 6.07) is 0. The summed E-state index contributed by atoms with van der Waals surface area (Å²) >= 11 is 0. The number of carboxylic acids is 1. The van der Waals surface area contributed by atoms with E-state index >= 15 is 0 Å². The van der Waals surface area contributed by atoms with E-state index in [1.54, 1.807) is 0 Å². The lowest BCUT2D eigenvalue weighted by Crippen LogP contribution is -2.67. The number of esters is 3. The Labute approximate surface area is 229 Å². The van der Waals surface area contributed by atoms with Gasteiger partial charge in [-0.15, -0.1) is 0 Å². The van der Waals surface area contributed by atoms with Crippen molar-refractivity contribution in [2.24, 2.45) is 22.7 Å². The maximum absolute atomic E-state index is 13.7. The predicted octanol–water partition coefficient (Wildman–Crippen LogP) is -1.08. The number of carbonyl (C=O) groups is 4. The molecule has 4 saturated heterocycles. The van der Waals surface area contributed by atoms with E-state index in [0.29, 0.717) is 6.42 Å². The number of carboxylic acid groups (broad SMARTS) is 1. The molecule has 0 aromatic heterocycles. The molecular weight excluding hydrogens is 536 g/mol. The minimum atomic E-state index is -2.26. The van der Waals surface area contributed by atoms with Crippen molar-refractivity contribution in [1.29, 1.82) is 0 Å². The van der Waals surface area contributed by atoms with Crippen LogP contribution >= 0.6 is 0 Å². The average Bonchev–Trinajstić information content (AvgIpc) is 3.62. The van der Waals surface area contributed by atoms with Gasteiger partial charge in [0.25, 0.3) is 0 Å². The summed E-state index contributed by atoms with van der Waals surface area (Å²) < 4.78 is 39.8. The lowest BCUT2D eigenvalue weighted by atomic mass is 9.53. The summed E-state index contributed by atoms with van der Waals surface area (Å²) in [7, 11) is 0. The van der Waals surface area contributed by atoms with Crippen molar-refractivity contribution < 1.29 is 67.7 Å². The molecule has 6 rings (SSSR count). The summed E-state index contributed by atoms with van der Waals surface area (Å²) in [5.41, 5.74) is -7.59. The number of carbonyl (C=O) groups excluding carboxylic acids is 3. The molecule has 0 amide bonds. The topological polar surface area (TPSA) is 194 Å². The molecule has 2 saturated carbocycles. The first-order chi connectivity index (χ1) is 19.1. The van der Waals surface area contributed by atoms with E-state index in [0.717, 1.165) is 12.8 Å². The second kappa shape index (κ2) is 9.33. The summed E-state index contributed by atoms with van der Waals surface area (Å²) in [4.78, 5) is 50.2. The lowest BCUT2D eigenvalue weighted by molar-refractivity contribution is -0.239. The van der Waals surface area contributed by atoms with Crippen LogP contribution in [0, 0.1) is 22.7 Å². The van der Waals surface area contributed by atoms with Gasteiger partial charge in [0.2, 0.25) is 11.9 Å². The molecule has 4 heterocycles. The lowest BCUT2D eigenvalue weighted by Gasteiger charge is -2.45. The predicted molar refractivity (Wildman–Crippen MR) is 125 cm³/mol. The number of rotatable bonds is 12. The van der Waals surface area contributed by atoms with E-state index in [9.17, 15) is 29.4 Å². The highest BCUT2D eigenvalue weighted by atomic mass is 16.8. The van der Waals surface area contributed by atoms with Gasteiger partial charge in [0, 0.05) is 0 Å². The highest BCUT2D eigenvalue weighted by molar-refractivity contribution is 5.94. The van der Waals surface area contributed by atoms with Gasteiger partial charge in [0.05, 0.1) is 43.2 Å². The molecule has 5 unspecified atom stereocenters. The molecule has 2 aliphatic carbocycles. The van der Waals surface area contributed by atoms with Gasteiger partial charge < -0.3 is 48.5 Å². The smallest absolute Gasteiger partial charge is 0.343 e. The number of hydrogen-bond acceptors (Lipinski definition) is 13. The minimum absolute atomic E-state index is 0.0300. The highest BCUT2D eigenvalue weighted by Crippen LogP contribution is 2.83. The number of aliphatic carboxylic acids is 1. The molecule has 0 aromatic rings. The van der Waals surface area contributed by atoms with Crippen LogP contribution in [0.2, 0.25) is 0 Å². The number of fused-ring (bicyclic) bond motifs is 1. The first kappa shape index (κ1) is 27.8.